The lowest BCUT2D eigenvalue weighted by Gasteiger charge is -2.20. The van der Waals surface area contributed by atoms with Crippen LogP contribution in [-0.4, -0.2) is 27.4 Å². The van der Waals surface area contributed by atoms with Gasteiger partial charge in [-0.1, -0.05) is 27.7 Å². The molecule has 2 rings (SSSR count). The number of benzene rings is 1. The Morgan fingerprint density at radius 3 is 2.39 bits per heavy atom. The number of rotatable bonds is 5. The van der Waals surface area contributed by atoms with Crippen molar-refractivity contribution in [2.24, 2.45) is 0 Å². The van der Waals surface area contributed by atoms with E-state index in [4.69, 9.17) is 5.11 Å². The molecular weight excluding hydrogens is 290 g/mol. The topological polar surface area (TPSA) is 62.5 Å². The van der Waals surface area contributed by atoms with E-state index in [0.29, 0.717) is 18.5 Å². The van der Waals surface area contributed by atoms with E-state index in [1.165, 1.54) is 5.56 Å². The summed E-state index contributed by atoms with van der Waals surface area (Å²) in [5.74, 6) is -0.897. The summed E-state index contributed by atoms with van der Waals surface area (Å²) in [6, 6.07) is 3.95. The number of carbonyl (C=O) groups is 1. The molecule has 1 heterocycles. The van der Waals surface area contributed by atoms with Crippen molar-refractivity contribution >= 4 is 16.9 Å². The minimum Gasteiger partial charge on any atom is -0.478 e. The lowest BCUT2D eigenvalue weighted by atomic mass is 9.84. The molecule has 2 N–H and O–H groups in total. The van der Waals surface area contributed by atoms with Crippen LogP contribution in [0.4, 0.5) is 0 Å². The number of carboxylic acid groups (broad SMARTS) is 1. The van der Waals surface area contributed by atoms with E-state index in [-0.39, 0.29) is 12.0 Å². The predicted octanol–water partition coefficient (Wildman–Crippen LogP) is 3.89. The number of aryl methyl sites for hydroxylation is 2. The number of hydrogen-bond donors (Lipinski definition) is 2. The molecular formula is C19H27NO3. The Morgan fingerprint density at radius 2 is 1.91 bits per heavy atom. The van der Waals surface area contributed by atoms with E-state index in [0.717, 1.165) is 28.6 Å². The normalized spacial score (nSPS) is 12.1. The second kappa shape index (κ2) is 6.36. The van der Waals surface area contributed by atoms with Crippen molar-refractivity contribution in [3.63, 3.8) is 0 Å². The van der Waals surface area contributed by atoms with Gasteiger partial charge in [-0.2, -0.15) is 0 Å². The second-order valence-electron chi connectivity index (χ2n) is 7.12. The summed E-state index contributed by atoms with van der Waals surface area (Å²) < 4.78 is 2.06. The molecule has 0 saturated heterocycles. The van der Waals surface area contributed by atoms with Gasteiger partial charge in [0.05, 0.1) is 11.1 Å². The summed E-state index contributed by atoms with van der Waals surface area (Å²) in [5.41, 5.74) is 4.37. The summed E-state index contributed by atoms with van der Waals surface area (Å²) in [7, 11) is 0. The number of aromatic carboxylic acids is 1. The highest BCUT2D eigenvalue weighted by molar-refractivity contribution is 6.04. The molecule has 0 amide bonds. The zero-order valence-corrected chi connectivity index (χ0v) is 14.7. The molecule has 0 spiro atoms. The highest BCUT2D eigenvalue weighted by atomic mass is 16.4. The molecule has 0 radical (unpaired) electrons. The van der Waals surface area contributed by atoms with E-state index in [1.54, 1.807) is 6.07 Å². The highest BCUT2D eigenvalue weighted by Crippen LogP contribution is 2.34. The van der Waals surface area contributed by atoms with Crippen LogP contribution in [0.1, 0.15) is 61.3 Å². The summed E-state index contributed by atoms with van der Waals surface area (Å²) in [6.45, 7) is 11.2. The quantitative estimate of drug-likeness (QED) is 0.879. The van der Waals surface area contributed by atoms with Crippen LogP contribution in [0.15, 0.2) is 12.1 Å². The molecule has 4 heteroatoms. The Morgan fingerprint density at radius 1 is 1.26 bits per heavy atom. The van der Waals surface area contributed by atoms with Gasteiger partial charge in [-0.05, 0) is 48.4 Å². The molecule has 0 bridgehead atoms. The third-order valence-electron chi connectivity index (χ3n) is 4.54. The van der Waals surface area contributed by atoms with Crippen molar-refractivity contribution in [1.29, 1.82) is 0 Å². The molecule has 0 atom stereocenters. The zero-order valence-electron chi connectivity index (χ0n) is 14.7. The van der Waals surface area contributed by atoms with Crippen LogP contribution in [-0.2, 0) is 18.4 Å². The van der Waals surface area contributed by atoms with Gasteiger partial charge in [0.1, 0.15) is 0 Å². The van der Waals surface area contributed by atoms with Crippen LogP contribution in [0, 0.1) is 6.92 Å². The van der Waals surface area contributed by atoms with Gasteiger partial charge in [0.15, 0.2) is 0 Å². The molecule has 1 aromatic carbocycles. The van der Waals surface area contributed by atoms with Gasteiger partial charge in [0.25, 0.3) is 0 Å². The van der Waals surface area contributed by atoms with Crippen LogP contribution in [0.25, 0.3) is 10.9 Å². The first kappa shape index (κ1) is 17.5. The maximum absolute atomic E-state index is 11.9. The first-order valence-corrected chi connectivity index (χ1v) is 8.22. The van der Waals surface area contributed by atoms with Gasteiger partial charge in [-0.3, -0.25) is 0 Å². The molecule has 1 aromatic heterocycles. The monoisotopic (exact) mass is 317 g/mol. The highest BCUT2D eigenvalue weighted by Gasteiger charge is 2.23. The predicted molar refractivity (Wildman–Crippen MR) is 93.4 cm³/mol. The molecule has 0 saturated carbocycles. The van der Waals surface area contributed by atoms with E-state index in [9.17, 15) is 9.90 Å². The Kier molecular flexibility index (Phi) is 4.85. The fraction of sp³-hybridized carbons (Fsp3) is 0.526. The molecule has 0 unspecified atom stereocenters. The Labute approximate surface area is 137 Å². The summed E-state index contributed by atoms with van der Waals surface area (Å²) in [4.78, 5) is 11.9. The van der Waals surface area contributed by atoms with Gasteiger partial charge in [-0.15, -0.1) is 0 Å². The summed E-state index contributed by atoms with van der Waals surface area (Å²) in [5, 5.41) is 19.9. The maximum Gasteiger partial charge on any atom is 0.337 e. The molecule has 0 aliphatic carbocycles. The van der Waals surface area contributed by atoms with Crippen LogP contribution in [0.5, 0.6) is 0 Å². The maximum atomic E-state index is 11.9. The van der Waals surface area contributed by atoms with Crippen molar-refractivity contribution in [2.75, 3.05) is 6.61 Å². The first-order chi connectivity index (χ1) is 10.7. The lowest BCUT2D eigenvalue weighted by Crippen LogP contribution is -2.13. The molecule has 2 aromatic rings. The SMILES string of the molecule is CCc1c(C)n(CCCO)c2c(C(=O)O)cc(C(C)(C)C)cc12. The fourth-order valence-electron chi connectivity index (χ4n) is 3.23. The second-order valence-corrected chi connectivity index (χ2v) is 7.12. The number of carboxylic acids is 1. The van der Waals surface area contributed by atoms with Gasteiger partial charge in [-0.25, -0.2) is 4.79 Å². The minimum atomic E-state index is -0.897. The van der Waals surface area contributed by atoms with Crippen LogP contribution >= 0.6 is 0 Å². The van der Waals surface area contributed by atoms with Crippen LogP contribution in [0.2, 0.25) is 0 Å². The molecule has 23 heavy (non-hydrogen) atoms. The van der Waals surface area contributed by atoms with Crippen molar-refractivity contribution in [3.05, 3.63) is 34.5 Å². The molecule has 0 aliphatic heterocycles. The largest absolute Gasteiger partial charge is 0.478 e. The number of aliphatic hydroxyl groups is 1. The number of fused-ring (bicyclic) bond motifs is 1. The van der Waals surface area contributed by atoms with Crippen molar-refractivity contribution in [1.82, 2.24) is 4.57 Å². The number of aliphatic hydroxyl groups excluding tert-OH is 1. The lowest BCUT2D eigenvalue weighted by molar-refractivity contribution is 0.0698. The standard InChI is InChI=1S/C19H27NO3/c1-6-14-12(2)20(8-7-9-21)17-15(14)10-13(19(3,4)5)11-16(17)18(22)23/h10-11,21H,6-9H2,1-5H3,(H,22,23). The summed E-state index contributed by atoms with van der Waals surface area (Å²) >= 11 is 0. The van der Waals surface area contributed by atoms with Gasteiger partial charge in [0.2, 0.25) is 0 Å². The molecule has 126 valence electrons. The molecule has 0 aliphatic rings. The van der Waals surface area contributed by atoms with Crippen molar-refractivity contribution in [3.8, 4) is 0 Å². The van der Waals surface area contributed by atoms with E-state index in [1.807, 2.05) is 6.92 Å². The fourth-order valence-corrected chi connectivity index (χ4v) is 3.23. The van der Waals surface area contributed by atoms with E-state index < -0.39 is 5.97 Å². The zero-order chi connectivity index (χ0) is 17.4. The third kappa shape index (κ3) is 3.13. The molecule has 4 nitrogen and oxygen atoms in total. The average molecular weight is 317 g/mol. The molecule has 0 fully saturated rings. The minimum absolute atomic E-state index is 0.100. The Bertz CT molecular complexity index is 735. The Balaban J connectivity index is 2.88. The third-order valence-corrected chi connectivity index (χ3v) is 4.54. The Hall–Kier alpha value is -1.81. The number of hydrogen-bond acceptors (Lipinski definition) is 2. The van der Waals surface area contributed by atoms with Gasteiger partial charge < -0.3 is 14.8 Å². The first-order valence-electron chi connectivity index (χ1n) is 8.22. The smallest absolute Gasteiger partial charge is 0.337 e. The van der Waals surface area contributed by atoms with E-state index >= 15 is 0 Å². The summed E-state index contributed by atoms with van der Waals surface area (Å²) in [6.07, 6.45) is 1.48. The van der Waals surface area contributed by atoms with Crippen LogP contribution < -0.4 is 0 Å². The van der Waals surface area contributed by atoms with Crippen molar-refractivity contribution in [2.45, 2.75) is 59.4 Å². The number of nitrogens with zero attached hydrogens (tertiary/aromatic N) is 1. The number of aromatic nitrogens is 1. The van der Waals surface area contributed by atoms with Crippen molar-refractivity contribution < 1.29 is 15.0 Å². The van der Waals surface area contributed by atoms with E-state index in [2.05, 4.69) is 38.3 Å². The van der Waals surface area contributed by atoms with Crippen LogP contribution in [0.3, 0.4) is 0 Å². The van der Waals surface area contributed by atoms with Gasteiger partial charge in [0, 0.05) is 24.2 Å². The van der Waals surface area contributed by atoms with Gasteiger partial charge >= 0.3 is 5.97 Å². The average Bonchev–Trinajstić information content (AvgIpc) is 2.74.